The van der Waals surface area contributed by atoms with Crippen molar-refractivity contribution in [2.24, 2.45) is 5.92 Å². The fourth-order valence-electron chi connectivity index (χ4n) is 2.35. The number of benzene rings is 1. The highest BCUT2D eigenvalue weighted by molar-refractivity contribution is 7.84. The summed E-state index contributed by atoms with van der Waals surface area (Å²) in [5.74, 6) is 4.18. The first-order chi connectivity index (χ1) is 11.0. The van der Waals surface area contributed by atoms with Crippen molar-refractivity contribution in [3.63, 3.8) is 0 Å². The standard InChI is InChI=1S/C17H25N3O2S/c1-5-23(21)11-10-17-18-16(12-13(2)3)19-20(17)14-8-6-7-9-15(14)22-4/h6-9,13H,5,10-12H2,1-4H3. The first-order valence-electron chi connectivity index (χ1n) is 7.98. The highest BCUT2D eigenvalue weighted by Crippen LogP contribution is 2.23. The lowest BCUT2D eigenvalue weighted by atomic mass is 10.1. The van der Waals surface area contributed by atoms with E-state index in [4.69, 9.17) is 4.74 Å². The number of methoxy groups -OCH3 is 1. The second-order valence-electron chi connectivity index (χ2n) is 5.81. The third-order valence-electron chi connectivity index (χ3n) is 3.50. The van der Waals surface area contributed by atoms with Crippen molar-refractivity contribution >= 4 is 10.8 Å². The van der Waals surface area contributed by atoms with E-state index in [1.165, 1.54) is 0 Å². The molecule has 0 aliphatic carbocycles. The molecule has 6 heteroatoms. The first-order valence-corrected chi connectivity index (χ1v) is 9.47. The zero-order chi connectivity index (χ0) is 16.8. The van der Waals surface area contributed by atoms with E-state index in [9.17, 15) is 4.21 Å². The molecule has 0 radical (unpaired) electrons. The molecule has 0 bridgehead atoms. The lowest BCUT2D eigenvalue weighted by Crippen LogP contribution is -2.10. The lowest BCUT2D eigenvalue weighted by Gasteiger charge is -2.10. The van der Waals surface area contributed by atoms with Gasteiger partial charge in [-0.2, -0.15) is 5.10 Å². The zero-order valence-corrected chi connectivity index (χ0v) is 15.1. The van der Waals surface area contributed by atoms with Gasteiger partial charge in [0, 0.05) is 35.1 Å². The number of hydrogen-bond donors (Lipinski definition) is 0. The van der Waals surface area contributed by atoms with E-state index in [-0.39, 0.29) is 0 Å². The summed E-state index contributed by atoms with van der Waals surface area (Å²) in [5.41, 5.74) is 0.870. The molecule has 0 amide bonds. The van der Waals surface area contributed by atoms with Gasteiger partial charge in [0.25, 0.3) is 0 Å². The molecule has 126 valence electrons. The summed E-state index contributed by atoms with van der Waals surface area (Å²) in [7, 11) is 0.836. The number of para-hydroxylation sites is 2. The van der Waals surface area contributed by atoms with Crippen LogP contribution < -0.4 is 4.74 Å². The molecule has 23 heavy (non-hydrogen) atoms. The van der Waals surface area contributed by atoms with E-state index in [0.717, 1.165) is 29.5 Å². The van der Waals surface area contributed by atoms with Gasteiger partial charge in [0.15, 0.2) is 5.82 Å². The number of hydrogen-bond acceptors (Lipinski definition) is 4. The second kappa shape index (κ2) is 8.24. The van der Waals surface area contributed by atoms with Gasteiger partial charge in [0.2, 0.25) is 0 Å². The molecule has 0 N–H and O–H groups in total. The maximum absolute atomic E-state index is 11.8. The van der Waals surface area contributed by atoms with Crippen LogP contribution in [0.2, 0.25) is 0 Å². The maximum Gasteiger partial charge on any atom is 0.151 e. The topological polar surface area (TPSA) is 57.0 Å². The molecule has 5 nitrogen and oxygen atoms in total. The van der Waals surface area contributed by atoms with E-state index in [1.54, 1.807) is 7.11 Å². The molecule has 0 aliphatic rings. The highest BCUT2D eigenvalue weighted by Gasteiger charge is 2.16. The van der Waals surface area contributed by atoms with Gasteiger partial charge < -0.3 is 4.74 Å². The molecule has 2 rings (SSSR count). The third-order valence-corrected chi connectivity index (χ3v) is 4.80. The van der Waals surface area contributed by atoms with Crippen LogP contribution >= 0.6 is 0 Å². The number of ether oxygens (including phenoxy) is 1. The molecule has 0 saturated carbocycles. The largest absolute Gasteiger partial charge is 0.494 e. The van der Waals surface area contributed by atoms with Crippen molar-refractivity contribution in [2.75, 3.05) is 18.6 Å². The quantitative estimate of drug-likeness (QED) is 0.744. The Morgan fingerprint density at radius 1 is 1.30 bits per heavy atom. The summed E-state index contributed by atoms with van der Waals surface area (Å²) in [6.45, 7) is 6.23. The summed E-state index contributed by atoms with van der Waals surface area (Å²) in [6, 6.07) is 7.76. The molecule has 0 saturated heterocycles. The van der Waals surface area contributed by atoms with Crippen LogP contribution in [0, 0.1) is 5.92 Å². The molecule has 1 unspecified atom stereocenters. The van der Waals surface area contributed by atoms with Gasteiger partial charge in [0.05, 0.1) is 7.11 Å². The van der Waals surface area contributed by atoms with Crippen molar-refractivity contribution in [3.05, 3.63) is 35.9 Å². The molecule has 0 aliphatic heterocycles. The van der Waals surface area contributed by atoms with Crippen molar-refractivity contribution in [3.8, 4) is 11.4 Å². The van der Waals surface area contributed by atoms with Crippen molar-refractivity contribution in [1.29, 1.82) is 0 Å². The molecule has 0 fully saturated rings. The number of nitrogens with zero attached hydrogens (tertiary/aromatic N) is 3. The molecule has 1 atom stereocenters. The Labute approximate surface area is 140 Å². The van der Waals surface area contributed by atoms with Crippen LogP contribution in [0.5, 0.6) is 5.75 Å². The van der Waals surface area contributed by atoms with Crippen LogP contribution in [0.3, 0.4) is 0 Å². The number of aromatic nitrogens is 3. The summed E-state index contributed by atoms with van der Waals surface area (Å²) in [6.07, 6.45) is 1.47. The van der Waals surface area contributed by atoms with E-state index in [2.05, 4.69) is 23.9 Å². The minimum absolute atomic E-state index is 0.487. The van der Waals surface area contributed by atoms with Gasteiger partial charge in [-0.15, -0.1) is 0 Å². The third kappa shape index (κ3) is 4.64. The van der Waals surface area contributed by atoms with Crippen molar-refractivity contribution in [1.82, 2.24) is 14.8 Å². The number of rotatable bonds is 8. The fourth-order valence-corrected chi connectivity index (χ4v) is 3.05. The van der Waals surface area contributed by atoms with Crippen molar-refractivity contribution in [2.45, 2.75) is 33.6 Å². The van der Waals surface area contributed by atoms with E-state index in [0.29, 0.717) is 23.8 Å². The molecule has 1 heterocycles. The maximum atomic E-state index is 11.8. The fraction of sp³-hybridized carbons (Fsp3) is 0.529. The Morgan fingerprint density at radius 3 is 2.70 bits per heavy atom. The van der Waals surface area contributed by atoms with Crippen LogP contribution in [0.4, 0.5) is 0 Å². The van der Waals surface area contributed by atoms with Crippen LogP contribution in [0.15, 0.2) is 24.3 Å². The van der Waals surface area contributed by atoms with Gasteiger partial charge in [-0.1, -0.05) is 32.9 Å². The van der Waals surface area contributed by atoms with Gasteiger partial charge in [0.1, 0.15) is 17.3 Å². The summed E-state index contributed by atoms with van der Waals surface area (Å²) in [5, 5.41) is 4.66. The Morgan fingerprint density at radius 2 is 2.04 bits per heavy atom. The molecular weight excluding hydrogens is 310 g/mol. The molecule has 0 spiro atoms. The molecule has 1 aromatic heterocycles. The smallest absolute Gasteiger partial charge is 0.151 e. The summed E-state index contributed by atoms with van der Waals surface area (Å²) >= 11 is 0. The van der Waals surface area contributed by atoms with Gasteiger partial charge in [-0.3, -0.25) is 4.21 Å². The SMILES string of the molecule is CCS(=O)CCc1nc(CC(C)C)nn1-c1ccccc1OC. The van der Waals surface area contributed by atoms with E-state index in [1.807, 2.05) is 35.9 Å². The monoisotopic (exact) mass is 335 g/mol. The highest BCUT2D eigenvalue weighted by atomic mass is 32.2. The van der Waals surface area contributed by atoms with Crippen LogP contribution in [-0.2, 0) is 23.6 Å². The molecule has 2 aromatic rings. The minimum atomic E-state index is -0.813. The molecule has 1 aromatic carbocycles. The minimum Gasteiger partial charge on any atom is -0.494 e. The normalized spacial score (nSPS) is 12.6. The predicted molar refractivity (Wildman–Crippen MR) is 93.7 cm³/mol. The molecular formula is C17H25N3O2S. The Bertz CT molecular complexity index is 668. The summed E-state index contributed by atoms with van der Waals surface area (Å²) < 4.78 is 19.0. The van der Waals surface area contributed by atoms with Crippen LogP contribution in [0.1, 0.15) is 32.4 Å². The van der Waals surface area contributed by atoms with Crippen LogP contribution in [-0.4, -0.2) is 37.6 Å². The van der Waals surface area contributed by atoms with Crippen molar-refractivity contribution < 1.29 is 8.95 Å². The average Bonchev–Trinajstić information content (AvgIpc) is 2.94. The van der Waals surface area contributed by atoms with E-state index >= 15 is 0 Å². The average molecular weight is 335 g/mol. The van der Waals surface area contributed by atoms with Crippen LogP contribution in [0.25, 0.3) is 5.69 Å². The first kappa shape index (κ1) is 17.7. The second-order valence-corrected chi connectivity index (χ2v) is 7.67. The Kier molecular flexibility index (Phi) is 6.33. The zero-order valence-electron chi connectivity index (χ0n) is 14.3. The van der Waals surface area contributed by atoms with Gasteiger partial charge in [-0.25, -0.2) is 9.67 Å². The van der Waals surface area contributed by atoms with Gasteiger partial charge in [-0.05, 0) is 18.1 Å². The predicted octanol–water partition coefficient (Wildman–Crippen LogP) is 2.79. The summed E-state index contributed by atoms with van der Waals surface area (Å²) in [4.78, 5) is 4.67. The van der Waals surface area contributed by atoms with E-state index < -0.39 is 10.8 Å². The number of aryl methyl sites for hydroxylation is 1. The van der Waals surface area contributed by atoms with Gasteiger partial charge >= 0.3 is 0 Å². The Balaban J connectivity index is 2.38. The Hall–Kier alpha value is -1.69. The lowest BCUT2D eigenvalue weighted by molar-refractivity contribution is 0.411.